The number of nitrogens with zero attached hydrogens (tertiary/aromatic N) is 3. The predicted octanol–water partition coefficient (Wildman–Crippen LogP) is 3.25. The van der Waals surface area contributed by atoms with E-state index < -0.39 is 0 Å². The molecule has 0 amide bonds. The second kappa shape index (κ2) is 7.31. The predicted molar refractivity (Wildman–Crippen MR) is 79.9 cm³/mol. The van der Waals surface area contributed by atoms with Crippen molar-refractivity contribution in [2.24, 2.45) is 0 Å². The van der Waals surface area contributed by atoms with Crippen LogP contribution in [0, 0.1) is 22.7 Å². The van der Waals surface area contributed by atoms with E-state index in [1.165, 1.54) is 0 Å². The van der Waals surface area contributed by atoms with Crippen LogP contribution in [0.2, 0.25) is 0 Å². The van der Waals surface area contributed by atoms with E-state index in [1.807, 2.05) is 73.8 Å². The first-order chi connectivity index (χ1) is 9.13. The van der Waals surface area contributed by atoms with Gasteiger partial charge < -0.3 is 4.90 Å². The van der Waals surface area contributed by atoms with E-state index in [4.69, 9.17) is 10.5 Å². The Morgan fingerprint density at radius 1 is 1.16 bits per heavy atom. The third kappa shape index (κ3) is 3.91. The van der Waals surface area contributed by atoms with Crippen molar-refractivity contribution < 1.29 is 0 Å². The third-order valence-corrected chi connectivity index (χ3v) is 3.40. The standard InChI is InChI=1S/C15H15N3S/c1-18(2)15(19-3)9-14(13(10-16)11-17)12-7-5-4-6-8-12/h4-9H,1-3H3/b15-9-. The molecule has 0 bridgehead atoms. The minimum Gasteiger partial charge on any atom is -0.372 e. The molecule has 0 N–H and O–H groups in total. The zero-order valence-electron chi connectivity index (χ0n) is 11.2. The lowest BCUT2D eigenvalue weighted by Crippen LogP contribution is -2.08. The first kappa shape index (κ1) is 14.9. The fourth-order valence-electron chi connectivity index (χ4n) is 1.56. The third-order valence-electron chi connectivity index (χ3n) is 2.50. The summed E-state index contributed by atoms with van der Waals surface area (Å²) in [5, 5.41) is 19.2. The van der Waals surface area contributed by atoms with Crippen LogP contribution in [0.15, 0.2) is 47.0 Å². The normalized spacial score (nSPS) is 10.3. The number of thioether (sulfide) groups is 1. The first-order valence-electron chi connectivity index (χ1n) is 5.67. The molecule has 4 heteroatoms. The molecule has 0 heterocycles. The quantitative estimate of drug-likeness (QED) is 0.622. The van der Waals surface area contributed by atoms with Gasteiger partial charge in [-0.3, -0.25) is 0 Å². The summed E-state index contributed by atoms with van der Waals surface area (Å²) in [6.45, 7) is 0. The SMILES string of the molecule is CS/C(=C\C(=C(C#N)C#N)c1ccccc1)N(C)C. The van der Waals surface area contributed by atoms with Gasteiger partial charge in [-0.05, 0) is 17.9 Å². The monoisotopic (exact) mass is 269 g/mol. The molecule has 0 atom stereocenters. The molecule has 0 saturated carbocycles. The van der Waals surface area contributed by atoms with Gasteiger partial charge in [0.1, 0.15) is 17.7 Å². The Kier molecular flexibility index (Phi) is 5.73. The van der Waals surface area contributed by atoms with Crippen molar-refractivity contribution in [2.75, 3.05) is 20.4 Å². The molecule has 0 unspecified atom stereocenters. The Labute approximate surface area is 118 Å². The molecule has 1 aromatic rings. The molecular formula is C15H15N3S. The van der Waals surface area contributed by atoms with Gasteiger partial charge in [0.15, 0.2) is 0 Å². The molecule has 0 saturated heterocycles. The summed E-state index contributed by atoms with van der Waals surface area (Å²) >= 11 is 1.57. The Morgan fingerprint density at radius 3 is 2.16 bits per heavy atom. The van der Waals surface area contributed by atoms with Gasteiger partial charge in [-0.1, -0.05) is 30.3 Å². The molecular weight excluding hydrogens is 254 g/mol. The average molecular weight is 269 g/mol. The highest BCUT2D eigenvalue weighted by atomic mass is 32.2. The Morgan fingerprint density at radius 2 is 1.74 bits per heavy atom. The Balaban J connectivity index is 3.45. The number of rotatable bonds is 4. The largest absolute Gasteiger partial charge is 0.372 e. The lowest BCUT2D eigenvalue weighted by Gasteiger charge is -2.15. The molecule has 0 spiro atoms. The average Bonchev–Trinajstić information content (AvgIpc) is 2.44. The second-order valence-electron chi connectivity index (χ2n) is 3.96. The minimum atomic E-state index is 0.125. The van der Waals surface area contributed by atoms with Gasteiger partial charge in [0.05, 0.1) is 5.03 Å². The first-order valence-corrected chi connectivity index (χ1v) is 6.89. The maximum Gasteiger partial charge on any atom is 0.137 e. The maximum absolute atomic E-state index is 9.10. The van der Waals surface area contributed by atoms with Crippen LogP contribution in [0.25, 0.3) is 5.57 Å². The van der Waals surface area contributed by atoms with Crippen molar-refractivity contribution in [3.63, 3.8) is 0 Å². The van der Waals surface area contributed by atoms with Crippen LogP contribution in [0.1, 0.15) is 5.56 Å². The number of benzene rings is 1. The van der Waals surface area contributed by atoms with Crippen molar-refractivity contribution in [1.29, 1.82) is 10.5 Å². The smallest absolute Gasteiger partial charge is 0.137 e. The van der Waals surface area contributed by atoms with Crippen molar-refractivity contribution in [2.45, 2.75) is 0 Å². The molecule has 0 aromatic heterocycles. The number of hydrogen-bond donors (Lipinski definition) is 0. The van der Waals surface area contributed by atoms with E-state index in [1.54, 1.807) is 11.8 Å². The molecule has 0 fully saturated rings. The van der Waals surface area contributed by atoms with Gasteiger partial charge in [-0.2, -0.15) is 10.5 Å². The molecule has 0 aliphatic carbocycles. The molecule has 96 valence electrons. The van der Waals surface area contributed by atoms with Crippen LogP contribution < -0.4 is 0 Å². The lowest BCUT2D eigenvalue weighted by atomic mass is 10.0. The maximum atomic E-state index is 9.10. The molecule has 0 aliphatic heterocycles. The zero-order chi connectivity index (χ0) is 14.3. The van der Waals surface area contributed by atoms with E-state index >= 15 is 0 Å². The molecule has 0 radical (unpaired) electrons. The molecule has 3 nitrogen and oxygen atoms in total. The zero-order valence-corrected chi connectivity index (χ0v) is 12.0. The summed E-state index contributed by atoms with van der Waals surface area (Å²) in [6.07, 6.45) is 3.84. The summed E-state index contributed by atoms with van der Waals surface area (Å²) in [7, 11) is 3.87. The van der Waals surface area contributed by atoms with Gasteiger partial charge in [-0.15, -0.1) is 11.8 Å². The van der Waals surface area contributed by atoms with Crippen molar-refractivity contribution in [3.05, 3.63) is 52.6 Å². The van der Waals surface area contributed by atoms with E-state index in [0.29, 0.717) is 5.57 Å². The van der Waals surface area contributed by atoms with Crippen molar-refractivity contribution >= 4 is 17.3 Å². The number of allylic oxidation sites excluding steroid dienone is 3. The highest BCUT2D eigenvalue weighted by Gasteiger charge is 2.09. The lowest BCUT2D eigenvalue weighted by molar-refractivity contribution is 0.551. The number of nitriles is 2. The molecule has 0 aliphatic rings. The van der Waals surface area contributed by atoms with Gasteiger partial charge in [-0.25, -0.2) is 0 Å². The summed E-state index contributed by atoms with van der Waals surface area (Å²) in [5.41, 5.74) is 1.65. The van der Waals surface area contributed by atoms with Crippen LogP contribution >= 0.6 is 11.8 Å². The van der Waals surface area contributed by atoms with Crippen LogP contribution in [0.4, 0.5) is 0 Å². The highest BCUT2D eigenvalue weighted by molar-refractivity contribution is 8.02. The Bertz CT molecular complexity index is 556. The number of hydrogen-bond acceptors (Lipinski definition) is 4. The van der Waals surface area contributed by atoms with Crippen molar-refractivity contribution in [1.82, 2.24) is 4.90 Å². The van der Waals surface area contributed by atoms with Gasteiger partial charge in [0.25, 0.3) is 0 Å². The molecule has 1 rings (SSSR count). The second-order valence-corrected chi connectivity index (χ2v) is 4.79. The summed E-state index contributed by atoms with van der Waals surface area (Å²) in [5.74, 6) is 0. The van der Waals surface area contributed by atoms with Crippen LogP contribution in [0.5, 0.6) is 0 Å². The van der Waals surface area contributed by atoms with Crippen LogP contribution in [0.3, 0.4) is 0 Å². The highest BCUT2D eigenvalue weighted by Crippen LogP contribution is 2.25. The van der Waals surface area contributed by atoms with Crippen LogP contribution in [-0.4, -0.2) is 25.3 Å². The molecule has 19 heavy (non-hydrogen) atoms. The van der Waals surface area contributed by atoms with Gasteiger partial charge in [0, 0.05) is 19.7 Å². The van der Waals surface area contributed by atoms with E-state index in [-0.39, 0.29) is 5.57 Å². The van der Waals surface area contributed by atoms with Gasteiger partial charge in [0.2, 0.25) is 0 Å². The molecule has 1 aromatic carbocycles. The van der Waals surface area contributed by atoms with E-state index in [9.17, 15) is 0 Å². The minimum absolute atomic E-state index is 0.125. The van der Waals surface area contributed by atoms with Gasteiger partial charge >= 0.3 is 0 Å². The van der Waals surface area contributed by atoms with E-state index in [2.05, 4.69) is 0 Å². The van der Waals surface area contributed by atoms with E-state index in [0.717, 1.165) is 10.6 Å². The summed E-state index contributed by atoms with van der Waals surface area (Å²) in [4.78, 5) is 1.96. The fourth-order valence-corrected chi connectivity index (χ4v) is 2.16. The van der Waals surface area contributed by atoms with Crippen molar-refractivity contribution in [3.8, 4) is 12.1 Å². The fraction of sp³-hybridized carbons (Fsp3) is 0.200. The van der Waals surface area contributed by atoms with Crippen LogP contribution in [-0.2, 0) is 0 Å². The Hall–Kier alpha value is -2.17. The summed E-state index contributed by atoms with van der Waals surface area (Å²) < 4.78 is 0. The summed E-state index contributed by atoms with van der Waals surface area (Å²) in [6, 6.07) is 13.4. The topological polar surface area (TPSA) is 50.8 Å².